The highest BCUT2D eigenvalue weighted by molar-refractivity contribution is 6.80. The third kappa shape index (κ3) is 2.16. The van der Waals surface area contributed by atoms with E-state index in [9.17, 15) is 0 Å². The molecule has 2 rings (SSSR count). The molecule has 0 unspecified atom stereocenters. The van der Waals surface area contributed by atoms with Crippen molar-refractivity contribution in [3.63, 3.8) is 0 Å². The minimum absolute atomic E-state index is 0.894. The fourth-order valence-electron chi connectivity index (χ4n) is 1.76. The van der Waals surface area contributed by atoms with E-state index in [0.29, 0.717) is 0 Å². The molecule has 84 valence electrons. The second-order valence-electron chi connectivity index (χ2n) is 4.69. The van der Waals surface area contributed by atoms with Gasteiger partial charge < -0.3 is 8.98 Å². The molecule has 0 aliphatic heterocycles. The van der Waals surface area contributed by atoms with Gasteiger partial charge in [0.1, 0.15) is 6.26 Å². The van der Waals surface area contributed by atoms with E-state index in [1.807, 2.05) is 18.2 Å². The van der Waals surface area contributed by atoms with Crippen molar-refractivity contribution in [2.24, 2.45) is 0 Å². The number of para-hydroxylation sites is 1. The highest BCUT2D eigenvalue weighted by Gasteiger charge is 2.27. The molecular weight excluding hydrogens is 216 g/mol. The van der Waals surface area contributed by atoms with Gasteiger partial charge >= 0.3 is 0 Å². The minimum Gasteiger partial charge on any atom is -0.449 e. The van der Waals surface area contributed by atoms with E-state index < -0.39 is 8.24 Å². The predicted molar refractivity (Wildman–Crippen MR) is 68.4 cm³/mol. The van der Waals surface area contributed by atoms with Gasteiger partial charge in [0, 0.05) is 5.69 Å². The molecule has 16 heavy (non-hydrogen) atoms. The zero-order chi connectivity index (χ0) is 11.6. The van der Waals surface area contributed by atoms with Crippen molar-refractivity contribution >= 4 is 19.7 Å². The van der Waals surface area contributed by atoms with Crippen LogP contribution in [0.15, 0.2) is 47.4 Å². The average Bonchev–Trinajstić information content (AvgIpc) is 2.71. The maximum absolute atomic E-state index is 5.08. The molecule has 0 fully saturated rings. The maximum atomic E-state index is 5.08. The number of anilines is 2. The Morgan fingerprint density at radius 3 is 2.31 bits per heavy atom. The van der Waals surface area contributed by atoms with Crippen molar-refractivity contribution in [2.45, 2.75) is 19.6 Å². The first-order chi connectivity index (χ1) is 7.59. The summed E-state index contributed by atoms with van der Waals surface area (Å²) in [6.45, 7) is 6.86. The topological polar surface area (TPSA) is 29.3 Å². The Labute approximate surface area is 96.8 Å². The summed E-state index contributed by atoms with van der Waals surface area (Å²) >= 11 is 0. The van der Waals surface area contributed by atoms with Crippen molar-refractivity contribution in [1.29, 1.82) is 0 Å². The van der Waals surface area contributed by atoms with E-state index in [2.05, 4.69) is 41.3 Å². The SMILES string of the molecule is C[Si](C)(C)N(c1ccccc1)c1cocn1. The Hall–Kier alpha value is -1.55. The van der Waals surface area contributed by atoms with Gasteiger partial charge in [-0.3, -0.25) is 0 Å². The Morgan fingerprint density at radius 1 is 1.12 bits per heavy atom. The van der Waals surface area contributed by atoms with Crippen LogP contribution in [-0.4, -0.2) is 13.2 Å². The first kappa shape index (κ1) is 10.9. The second kappa shape index (κ2) is 4.13. The summed E-state index contributed by atoms with van der Waals surface area (Å²) in [7, 11) is -1.52. The normalized spacial score (nSPS) is 11.4. The Bertz CT molecular complexity index is 434. The summed E-state index contributed by atoms with van der Waals surface area (Å²) in [6.07, 6.45) is 3.18. The minimum atomic E-state index is -1.52. The molecule has 0 saturated heterocycles. The summed E-state index contributed by atoms with van der Waals surface area (Å²) in [5, 5.41) is 0. The summed E-state index contributed by atoms with van der Waals surface area (Å²) < 4.78 is 7.37. The van der Waals surface area contributed by atoms with Crippen molar-refractivity contribution in [2.75, 3.05) is 4.57 Å². The van der Waals surface area contributed by atoms with E-state index in [1.54, 1.807) is 6.26 Å². The quantitative estimate of drug-likeness (QED) is 0.756. The lowest BCUT2D eigenvalue weighted by Crippen LogP contribution is -2.42. The van der Waals surface area contributed by atoms with Crippen LogP contribution in [0.3, 0.4) is 0 Å². The molecule has 1 heterocycles. The number of hydrogen-bond donors (Lipinski definition) is 0. The lowest BCUT2D eigenvalue weighted by molar-refractivity contribution is 0.558. The van der Waals surface area contributed by atoms with Crippen molar-refractivity contribution in [1.82, 2.24) is 4.98 Å². The van der Waals surface area contributed by atoms with Gasteiger partial charge in [0.15, 0.2) is 20.4 Å². The number of benzene rings is 1. The number of rotatable bonds is 3. The molecule has 1 aromatic carbocycles. The molecule has 0 radical (unpaired) electrons. The molecule has 0 saturated carbocycles. The standard InChI is InChI=1S/C12H16N2OSi/c1-16(2,3)14(12-9-15-10-13-12)11-7-5-4-6-8-11/h4-10H,1-3H3. The van der Waals surface area contributed by atoms with Gasteiger partial charge in [0.05, 0.1) is 0 Å². The molecule has 0 spiro atoms. The molecule has 0 atom stereocenters. The number of hydrogen-bond acceptors (Lipinski definition) is 3. The molecule has 0 bridgehead atoms. The highest BCUT2D eigenvalue weighted by atomic mass is 28.3. The third-order valence-corrected chi connectivity index (χ3v) is 4.16. The van der Waals surface area contributed by atoms with Crippen LogP contribution in [0.1, 0.15) is 0 Å². The zero-order valence-electron chi connectivity index (χ0n) is 9.84. The molecule has 0 aliphatic carbocycles. The monoisotopic (exact) mass is 232 g/mol. The van der Waals surface area contributed by atoms with Gasteiger partial charge in [-0.25, -0.2) is 0 Å². The molecule has 0 aliphatic rings. The summed E-state index contributed by atoms with van der Waals surface area (Å²) in [6, 6.07) is 10.3. The van der Waals surface area contributed by atoms with Gasteiger partial charge in [-0.05, 0) is 12.1 Å². The van der Waals surface area contributed by atoms with Gasteiger partial charge in [-0.1, -0.05) is 37.8 Å². The van der Waals surface area contributed by atoms with Gasteiger partial charge in [-0.2, -0.15) is 4.98 Å². The molecule has 3 nitrogen and oxygen atoms in total. The predicted octanol–water partition coefficient (Wildman–Crippen LogP) is 3.65. The third-order valence-electron chi connectivity index (χ3n) is 2.33. The van der Waals surface area contributed by atoms with Crippen LogP contribution in [0.5, 0.6) is 0 Å². The molecule has 2 aromatic rings. The average molecular weight is 232 g/mol. The largest absolute Gasteiger partial charge is 0.449 e. The first-order valence-corrected chi connectivity index (χ1v) is 8.77. The Morgan fingerprint density at radius 2 is 1.81 bits per heavy atom. The number of aromatic nitrogens is 1. The van der Waals surface area contributed by atoms with Crippen LogP contribution in [0.25, 0.3) is 0 Å². The van der Waals surface area contributed by atoms with Crippen molar-refractivity contribution in [3.05, 3.63) is 43.0 Å². The summed E-state index contributed by atoms with van der Waals surface area (Å²) in [5.74, 6) is 0.894. The molecular formula is C12H16N2OSi. The molecule has 0 amide bonds. The van der Waals surface area contributed by atoms with Crippen molar-refractivity contribution in [3.8, 4) is 0 Å². The highest BCUT2D eigenvalue weighted by Crippen LogP contribution is 2.29. The van der Waals surface area contributed by atoms with Gasteiger partial charge in [0.25, 0.3) is 0 Å². The van der Waals surface area contributed by atoms with Crippen LogP contribution >= 0.6 is 0 Å². The van der Waals surface area contributed by atoms with Gasteiger partial charge in [0.2, 0.25) is 0 Å². The molecule has 1 aromatic heterocycles. The van der Waals surface area contributed by atoms with Crippen LogP contribution in [0.4, 0.5) is 11.5 Å². The maximum Gasteiger partial charge on any atom is 0.182 e. The zero-order valence-corrected chi connectivity index (χ0v) is 10.8. The Kier molecular flexibility index (Phi) is 2.83. The fourth-order valence-corrected chi connectivity index (χ4v) is 3.48. The van der Waals surface area contributed by atoms with E-state index in [4.69, 9.17) is 4.42 Å². The lowest BCUT2D eigenvalue weighted by Gasteiger charge is -2.34. The van der Waals surface area contributed by atoms with E-state index in [0.717, 1.165) is 5.82 Å². The second-order valence-corrected chi connectivity index (χ2v) is 9.48. The van der Waals surface area contributed by atoms with E-state index >= 15 is 0 Å². The van der Waals surface area contributed by atoms with E-state index in [1.165, 1.54) is 12.1 Å². The smallest absolute Gasteiger partial charge is 0.182 e. The fraction of sp³-hybridized carbons (Fsp3) is 0.250. The van der Waals surface area contributed by atoms with Crippen LogP contribution in [0, 0.1) is 0 Å². The van der Waals surface area contributed by atoms with Crippen LogP contribution < -0.4 is 4.57 Å². The summed E-state index contributed by atoms with van der Waals surface area (Å²) in [5.41, 5.74) is 1.18. The molecule has 4 heteroatoms. The van der Waals surface area contributed by atoms with Crippen LogP contribution in [-0.2, 0) is 0 Å². The number of nitrogens with zero attached hydrogens (tertiary/aromatic N) is 2. The number of oxazole rings is 1. The molecule has 0 N–H and O–H groups in total. The lowest BCUT2D eigenvalue weighted by atomic mass is 10.3. The first-order valence-electron chi connectivity index (χ1n) is 5.32. The van der Waals surface area contributed by atoms with Crippen LogP contribution in [0.2, 0.25) is 19.6 Å². The Balaban J connectivity index is 2.45. The summed E-state index contributed by atoms with van der Waals surface area (Å²) in [4.78, 5) is 4.25. The van der Waals surface area contributed by atoms with Crippen molar-refractivity contribution < 1.29 is 4.42 Å². The van der Waals surface area contributed by atoms with E-state index in [-0.39, 0.29) is 0 Å². The van der Waals surface area contributed by atoms with Gasteiger partial charge in [-0.15, -0.1) is 0 Å².